The molecule has 3 rings (SSSR count). The van der Waals surface area contributed by atoms with Crippen molar-refractivity contribution in [3.63, 3.8) is 0 Å². The van der Waals surface area contributed by atoms with Gasteiger partial charge in [-0.3, -0.25) is 9.78 Å². The molecule has 2 N–H and O–H groups in total. The Morgan fingerprint density at radius 3 is 2.62 bits per heavy atom. The van der Waals surface area contributed by atoms with Crippen molar-refractivity contribution in [2.45, 2.75) is 24.9 Å². The standard InChI is InChI=1S/C18H16ClFN4O3S2/c1-11-21-9-14(28-11)10-23-18(25)16-5-2-12(7-22-16)8-24-29(26,27)17-6-13(19)3-4-15(17)20/h2-7,9,24H,8,10H2,1H3,(H,23,25). The first kappa shape index (κ1) is 21.3. The molecule has 0 saturated carbocycles. The van der Waals surface area contributed by atoms with Gasteiger partial charge in [-0.1, -0.05) is 17.7 Å². The number of halogens is 2. The van der Waals surface area contributed by atoms with Gasteiger partial charge in [0.05, 0.1) is 11.6 Å². The number of hydrogen-bond donors (Lipinski definition) is 2. The summed E-state index contributed by atoms with van der Waals surface area (Å²) >= 11 is 7.23. The normalized spacial score (nSPS) is 11.4. The number of rotatable bonds is 7. The van der Waals surface area contributed by atoms with Gasteiger partial charge in [0.25, 0.3) is 5.91 Å². The van der Waals surface area contributed by atoms with Crippen molar-refractivity contribution in [3.8, 4) is 0 Å². The highest BCUT2D eigenvalue weighted by atomic mass is 35.5. The van der Waals surface area contributed by atoms with Gasteiger partial charge in [-0.05, 0) is 36.8 Å². The van der Waals surface area contributed by atoms with Crippen molar-refractivity contribution in [3.05, 3.63) is 74.7 Å². The fourth-order valence-electron chi connectivity index (χ4n) is 2.35. The molecular weight excluding hydrogens is 439 g/mol. The molecule has 0 radical (unpaired) electrons. The van der Waals surface area contributed by atoms with Crippen LogP contribution in [0.1, 0.15) is 25.9 Å². The zero-order chi connectivity index (χ0) is 21.0. The number of benzene rings is 1. The predicted octanol–water partition coefficient (Wildman–Crippen LogP) is 3.05. The summed E-state index contributed by atoms with van der Waals surface area (Å²) in [6, 6.07) is 6.33. The summed E-state index contributed by atoms with van der Waals surface area (Å²) in [6.45, 7) is 2.10. The predicted molar refractivity (Wildman–Crippen MR) is 108 cm³/mol. The molecule has 2 aromatic heterocycles. The van der Waals surface area contributed by atoms with E-state index in [-0.39, 0.29) is 23.2 Å². The largest absolute Gasteiger partial charge is 0.346 e. The minimum atomic E-state index is -4.10. The van der Waals surface area contributed by atoms with Gasteiger partial charge in [-0.2, -0.15) is 0 Å². The van der Waals surface area contributed by atoms with E-state index in [2.05, 4.69) is 20.0 Å². The van der Waals surface area contributed by atoms with Crippen LogP contribution in [0.25, 0.3) is 0 Å². The monoisotopic (exact) mass is 454 g/mol. The highest BCUT2D eigenvalue weighted by Gasteiger charge is 2.19. The molecule has 1 aromatic carbocycles. The molecule has 7 nitrogen and oxygen atoms in total. The maximum Gasteiger partial charge on any atom is 0.270 e. The van der Waals surface area contributed by atoms with Crippen LogP contribution < -0.4 is 10.0 Å². The van der Waals surface area contributed by atoms with Crippen LogP contribution in [0.2, 0.25) is 5.02 Å². The van der Waals surface area contributed by atoms with Crippen LogP contribution in [-0.4, -0.2) is 24.3 Å². The summed E-state index contributed by atoms with van der Waals surface area (Å²) in [5, 5.41) is 3.76. The van der Waals surface area contributed by atoms with Crippen LogP contribution in [0.4, 0.5) is 4.39 Å². The number of amides is 1. The Kier molecular flexibility index (Phi) is 6.58. The maximum atomic E-state index is 13.8. The molecule has 0 aliphatic rings. The van der Waals surface area contributed by atoms with Crippen LogP contribution in [-0.2, 0) is 23.1 Å². The minimum absolute atomic E-state index is 0.109. The molecule has 0 aliphatic carbocycles. The van der Waals surface area contributed by atoms with E-state index in [1.54, 1.807) is 12.3 Å². The molecule has 0 saturated heterocycles. The van der Waals surface area contributed by atoms with Crippen molar-refractivity contribution >= 4 is 38.9 Å². The van der Waals surface area contributed by atoms with Gasteiger partial charge in [0, 0.05) is 28.8 Å². The lowest BCUT2D eigenvalue weighted by atomic mass is 10.2. The summed E-state index contributed by atoms with van der Waals surface area (Å²) in [5.41, 5.74) is 0.698. The Balaban J connectivity index is 1.60. The zero-order valence-corrected chi connectivity index (χ0v) is 17.5. The van der Waals surface area contributed by atoms with Crippen molar-refractivity contribution < 1.29 is 17.6 Å². The van der Waals surface area contributed by atoms with Gasteiger partial charge in [0.15, 0.2) is 0 Å². The van der Waals surface area contributed by atoms with Gasteiger partial charge in [0.1, 0.15) is 16.4 Å². The molecule has 0 fully saturated rings. The number of carbonyl (C=O) groups is 1. The van der Waals surface area contributed by atoms with E-state index >= 15 is 0 Å². The van der Waals surface area contributed by atoms with Crippen molar-refractivity contribution in [1.29, 1.82) is 0 Å². The van der Waals surface area contributed by atoms with Crippen LogP contribution >= 0.6 is 22.9 Å². The van der Waals surface area contributed by atoms with Crippen molar-refractivity contribution in [2.24, 2.45) is 0 Å². The maximum absolute atomic E-state index is 13.8. The van der Waals surface area contributed by atoms with Crippen molar-refractivity contribution in [1.82, 2.24) is 20.0 Å². The SMILES string of the molecule is Cc1ncc(CNC(=O)c2ccc(CNS(=O)(=O)c3cc(Cl)ccc3F)cn2)s1. The summed E-state index contributed by atoms with van der Waals surface area (Å²) in [4.78, 5) is 20.7. The quantitative estimate of drug-likeness (QED) is 0.571. The lowest BCUT2D eigenvalue weighted by Gasteiger charge is -2.09. The average molecular weight is 455 g/mol. The second-order valence-electron chi connectivity index (χ2n) is 5.98. The van der Waals surface area contributed by atoms with E-state index in [0.29, 0.717) is 12.1 Å². The molecule has 1 amide bonds. The Morgan fingerprint density at radius 1 is 1.17 bits per heavy atom. The van der Waals surface area contributed by atoms with Crippen LogP contribution in [0, 0.1) is 12.7 Å². The van der Waals surface area contributed by atoms with E-state index in [1.165, 1.54) is 29.7 Å². The number of aryl methyl sites for hydroxylation is 1. The molecule has 0 atom stereocenters. The third kappa shape index (κ3) is 5.57. The fraction of sp³-hybridized carbons (Fsp3) is 0.167. The smallest absolute Gasteiger partial charge is 0.270 e. The second kappa shape index (κ2) is 8.95. The number of thiazole rings is 1. The van der Waals surface area contributed by atoms with Gasteiger partial charge >= 0.3 is 0 Å². The zero-order valence-electron chi connectivity index (χ0n) is 15.1. The summed E-state index contributed by atoms with van der Waals surface area (Å²) in [6.07, 6.45) is 3.08. The lowest BCUT2D eigenvalue weighted by Crippen LogP contribution is -2.25. The van der Waals surface area contributed by atoms with Gasteiger partial charge in [-0.15, -0.1) is 11.3 Å². The number of hydrogen-bond acceptors (Lipinski definition) is 6. The van der Waals surface area contributed by atoms with Gasteiger partial charge in [0.2, 0.25) is 10.0 Å². The number of pyridine rings is 1. The van der Waals surface area contributed by atoms with E-state index in [1.807, 2.05) is 6.92 Å². The Labute approximate surface area is 176 Å². The molecule has 11 heteroatoms. The van der Waals surface area contributed by atoms with E-state index in [0.717, 1.165) is 22.0 Å². The summed E-state index contributed by atoms with van der Waals surface area (Å²) < 4.78 is 40.6. The lowest BCUT2D eigenvalue weighted by molar-refractivity contribution is 0.0946. The number of aromatic nitrogens is 2. The third-order valence-corrected chi connectivity index (χ3v) is 6.36. The van der Waals surface area contributed by atoms with E-state index in [9.17, 15) is 17.6 Å². The molecule has 0 aliphatic heterocycles. The third-order valence-electron chi connectivity index (χ3n) is 3.80. The molecular formula is C18H16ClFN4O3S2. The number of nitrogens with zero attached hydrogens (tertiary/aromatic N) is 2. The Hall–Kier alpha value is -2.40. The minimum Gasteiger partial charge on any atom is -0.346 e. The number of sulfonamides is 1. The molecule has 3 aromatic rings. The van der Waals surface area contributed by atoms with E-state index < -0.39 is 20.7 Å². The number of nitrogens with one attached hydrogen (secondary N) is 2. The average Bonchev–Trinajstić information content (AvgIpc) is 3.12. The van der Waals surface area contributed by atoms with Crippen LogP contribution in [0.5, 0.6) is 0 Å². The Morgan fingerprint density at radius 2 is 1.97 bits per heavy atom. The van der Waals surface area contributed by atoms with Crippen molar-refractivity contribution in [2.75, 3.05) is 0 Å². The summed E-state index contributed by atoms with van der Waals surface area (Å²) in [7, 11) is -4.10. The summed E-state index contributed by atoms with van der Waals surface area (Å²) in [5.74, 6) is -1.26. The van der Waals surface area contributed by atoms with E-state index in [4.69, 9.17) is 11.6 Å². The molecule has 152 valence electrons. The molecule has 0 unspecified atom stereocenters. The first-order chi connectivity index (χ1) is 13.7. The highest BCUT2D eigenvalue weighted by molar-refractivity contribution is 7.89. The highest BCUT2D eigenvalue weighted by Crippen LogP contribution is 2.19. The first-order valence-electron chi connectivity index (χ1n) is 8.34. The molecule has 29 heavy (non-hydrogen) atoms. The van der Waals surface area contributed by atoms with Gasteiger partial charge < -0.3 is 5.32 Å². The molecule has 0 spiro atoms. The first-order valence-corrected chi connectivity index (χ1v) is 11.0. The number of carbonyl (C=O) groups excluding carboxylic acids is 1. The fourth-order valence-corrected chi connectivity index (χ4v) is 4.44. The van der Waals surface area contributed by atoms with Gasteiger partial charge in [-0.25, -0.2) is 22.5 Å². The molecule has 0 bridgehead atoms. The molecule has 2 heterocycles. The Bertz CT molecular complexity index is 1130. The van der Waals surface area contributed by atoms with Crippen LogP contribution in [0.3, 0.4) is 0 Å². The topological polar surface area (TPSA) is 101 Å². The second-order valence-corrected chi connectivity index (χ2v) is 9.47. The van der Waals surface area contributed by atoms with Crippen LogP contribution in [0.15, 0.2) is 47.6 Å².